The number of carbonyl (C=O) groups excluding carboxylic acids is 1. The van der Waals surface area contributed by atoms with Gasteiger partial charge < -0.3 is 10.2 Å². The van der Waals surface area contributed by atoms with Crippen LogP contribution in [0.4, 0.5) is 0 Å². The number of hydrogen-bond acceptors (Lipinski definition) is 6. The Kier molecular flexibility index (Phi) is 8.48. The summed E-state index contributed by atoms with van der Waals surface area (Å²) in [6.45, 7) is 11.5. The normalized spacial score (nSPS) is 38.6. The van der Waals surface area contributed by atoms with Crippen molar-refractivity contribution in [2.24, 2.45) is 11.8 Å². The SMILES string of the molecule is CCNC1(C)CC2CC(C)CC(NSN3CCCC3)(C2)C1.N#CC1CCCN1C=O. The van der Waals surface area contributed by atoms with Crippen LogP contribution < -0.4 is 10.0 Å². The summed E-state index contributed by atoms with van der Waals surface area (Å²) in [5, 5.41) is 12.2. The predicted octanol–water partition coefficient (Wildman–Crippen LogP) is 3.70. The average Bonchev–Trinajstić information content (AvgIpc) is 3.37. The predicted molar refractivity (Wildman–Crippen MR) is 123 cm³/mol. The van der Waals surface area contributed by atoms with E-state index in [4.69, 9.17) is 5.26 Å². The van der Waals surface area contributed by atoms with Crippen molar-refractivity contribution in [3.63, 3.8) is 0 Å². The number of fused-ring (bicyclic) bond motifs is 2. The van der Waals surface area contributed by atoms with Crippen molar-refractivity contribution in [3.05, 3.63) is 0 Å². The van der Waals surface area contributed by atoms with Gasteiger partial charge in [-0.2, -0.15) is 5.26 Å². The van der Waals surface area contributed by atoms with Gasteiger partial charge >= 0.3 is 0 Å². The number of nitrogens with one attached hydrogen (secondary N) is 2. The van der Waals surface area contributed by atoms with Crippen LogP contribution in [-0.4, -0.2) is 58.9 Å². The molecule has 2 bridgehead atoms. The third-order valence-electron chi connectivity index (χ3n) is 7.26. The van der Waals surface area contributed by atoms with E-state index >= 15 is 0 Å². The summed E-state index contributed by atoms with van der Waals surface area (Å²) in [5.41, 5.74) is 0.682. The van der Waals surface area contributed by atoms with Gasteiger partial charge in [0.1, 0.15) is 6.04 Å². The maximum absolute atomic E-state index is 10.2. The number of carbonyl (C=O) groups is 1. The first-order chi connectivity index (χ1) is 14.4. The van der Waals surface area contributed by atoms with Gasteiger partial charge in [-0.1, -0.05) is 13.8 Å². The van der Waals surface area contributed by atoms with Crippen molar-refractivity contribution in [2.75, 3.05) is 26.2 Å². The molecule has 0 spiro atoms. The van der Waals surface area contributed by atoms with E-state index < -0.39 is 0 Å². The molecule has 0 radical (unpaired) electrons. The highest BCUT2D eigenvalue weighted by atomic mass is 32.2. The third-order valence-corrected chi connectivity index (χ3v) is 8.41. The molecule has 1 amide bonds. The zero-order valence-electron chi connectivity index (χ0n) is 19.2. The average molecular weight is 436 g/mol. The minimum absolute atomic E-state index is 0.150. The Morgan fingerprint density at radius 2 is 1.97 bits per heavy atom. The van der Waals surface area contributed by atoms with E-state index in [0.29, 0.717) is 11.1 Å². The molecule has 2 aliphatic carbocycles. The van der Waals surface area contributed by atoms with Crippen LogP contribution in [0.2, 0.25) is 0 Å². The minimum atomic E-state index is -0.150. The summed E-state index contributed by atoms with van der Waals surface area (Å²) in [6.07, 6.45) is 12.1. The second-order valence-corrected chi connectivity index (χ2v) is 11.2. The molecule has 2 aliphatic heterocycles. The van der Waals surface area contributed by atoms with Crippen molar-refractivity contribution in [3.8, 4) is 6.07 Å². The van der Waals surface area contributed by atoms with E-state index in [2.05, 4.69) is 41.2 Å². The Morgan fingerprint density at radius 3 is 2.60 bits per heavy atom. The van der Waals surface area contributed by atoms with Gasteiger partial charge in [-0.25, -0.2) is 9.03 Å². The quantitative estimate of drug-likeness (QED) is 0.490. The van der Waals surface area contributed by atoms with Crippen LogP contribution in [0.15, 0.2) is 0 Å². The maximum atomic E-state index is 10.2. The van der Waals surface area contributed by atoms with Crippen LogP contribution in [0.5, 0.6) is 0 Å². The first-order valence-corrected chi connectivity index (χ1v) is 12.7. The lowest BCUT2D eigenvalue weighted by atomic mass is 9.59. The molecule has 4 fully saturated rings. The van der Waals surface area contributed by atoms with Crippen molar-refractivity contribution >= 4 is 18.5 Å². The number of nitrogens with zero attached hydrogens (tertiary/aromatic N) is 3. The number of amides is 1. The highest BCUT2D eigenvalue weighted by Gasteiger charge is 2.49. The van der Waals surface area contributed by atoms with E-state index in [-0.39, 0.29) is 6.04 Å². The van der Waals surface area contributed by atoms with Crippen LogP contribution in [-0.2, 0) is 4.79 Å². The van der Waals surface area contributed by atoms with E-state index in [0.717, 1.165) is 44.2 Å². The number of rotatable bonds is 6. The van der Waals surface area contributed by atoms with Gasteiger partial charge in [-0.05, 0) is 83.1 Å². The second-order valence-electron chi connectivity index (χ2n) is 10.3. The van der Waals surface area contributed by atoms with E-state index in [1.54, 1.807) is 4.90 Å². The van der Waals surface area contributed by atoms with Crippen LogP contribution in [0.1, 0.15) is 78.6 Å². The van der Waals surface area contributed by atoms with Crippen LogP contribution in [0.3, 0.4) is 0 Å². The molecule has 5 atom stereocenters. The number of likely N-dealkylation sites (tertiary alicyclic amines) is 1. The van der Waals surface area contributed by atoms with E-state index in [9.17, 15) is 4.79 Å². The Morgan fingerprint density at radius 1 is 1.20 bits per heavy atom. The van der Waals surface area contributed by atoms with Crippen molar-refractivity contribution in [2.45, 2.75) is 95.7 Å². The lowest BCUT2D eigenvalue weighted by Crippen LogP contribution is -2.61. The summed E-state index contributed by atoms with van der Waals surface area (Å²) in [7, 11) is 0. The topological polar surface area (TPSA) is 71.4 Å². The fraction of sp³-hybridized carbons (Fsp3) is 0.913. The largest absolute Gasteiger partial charge is 0.329 e. The smallest absolute Gasteiger partial charge is 0.210 e. The number of hydrogen-bond donors (Lipinski definition) is 2. The molecule has 2 N–H and O–H groups in total. The molecule has 0 aromatic carbocycles. The second kappa shape index (κ2) is 10.7. The van der Waals surface area contributed by atoms with E-state index in [1.165, 1.54) is 58.0 Å². The van der Waals surface area contributed by atoms with Crippen LogP contribution >= 0.6 is 12.1 Å². The van der Waals surface area contributed by atoms with Gasteiger partial charge in [-0.15, -0.1) is 0 Å². The molecule has 2 saturated heterocycles. The first kappa shape index (κ1) is 23.8. The van der Waals surface area contributed by atoms with Gasteiger partial charge in [0, 0.05) is 42.8 Å². The van der Waals surface area contributed by atoms with Crippen molar-refractivity contribution in [1.82, 2.24) is 19.2 Å². The highest BCUT2D eigenvalue weighted by molar-refractivity contribution is 7.95. The van der Waals surface area contributed by atoms with E-state index in [1.807, 2.05) is 12.1 Å². The summed E-state index contributed by atoms with van der Waals surface area (Å²) in [4.78, 5) is 11.7. The number of nitriles is 1. The lowest BCUT2D eigenvalue weighted by Gasteiger charge is -2.55. The van der Waals surface area contributed by atoms with Crippen molar-refractivity contribution in [1.29, 1.82) is 5.26 Å². The Balaban J connectivity index is 0.000000239. The van der Waals surface area contributed by atoms with Crippen molar-refractivity contribution < 1.29 is 4.79 Å². The van der Waals surface area contributed by atoms with Gasteiger partial charge in [-0.3, -0.25) is 4.79 Å². The van der Waals surface area contributed by atoms with Gasteiger partial charge in [0.25, 0.3) is 0 Å². The maximum Gasteiger partial charge on any atom is 0.210 e. The molecule has 7 heteroatoms. The minimum Gasteiger partial charge on any atom is -0.329 e. The van der Waals surface area contributed by atoms with Gasteiger partial charge in [0.15, 0.2) is 0 Å². The molecule has 0 aromatic rings. The Bertz CT molecular complexity index is 603. The Labute approximate surface area is 187 Å². The summed E-state index contributed by atoms with van der Waals surface area (Å²) < 4.78 is 6.48. The summed E-state index contributed by atoms with van der Waals surface area (Å²) >= 11 is 1.93. The monoisotopic (exact) mass is 435 g/mol. The fourth-order valence-corrected chi connectivity index (χ4v) is 7.47. The zero-order chi connectivity index (χ0) is 21.6. The highest BCUT2D eigenvalue weighted by Crippen LogP contribution is 2.49. The third kappa shape index (κ3) is 6.12. The molecule has 2 saturated carbocycles. The van der Waals surface area contributed by atoms with Gasteiger partial charge in [0.2, 0.25) is 6.41 Å². The summed E-state index contributed by atoms with van der Waals surface area (Å²) in [6, 6.07) is 1.91. The molecule has 6 nitrogen and oxygen atoms in total. The molecule has 170 valence electrons. The van der Waals surface area contributed by atoms with Crippen LogP contribution in [0, 0.1) is 23.2 Å². The molecular formula is C23H41N5OS. The Hall–Kier alpha value is -0.810. The fourth-order valence-electron chi connectivity index (χ4n) is 6.47. The summed E-state index contributed by atoms with van der Waals surface area (Å²) in [5.74, 6) is 1.78. The zero-order valence-corrected chi connectivity index (χ0v) is 20.0. The molecule has 30 heavy (non-hydrogen) atoms. The molecule has 2 heterocycles. The molecule has 4 aliphatic rings. The molecule has 5 unspecified atom stereocenters. The standard InChI is InChI=1S/C17H33N3S.C6H8N2O/c1-4-18-16(3)11-15-9-14(2)10-17(12-15,13-16)19-21-20-7-5-6-8-20;7-4-6-2-1-3-8(6)5-9/h14-15,18-19H,4-13H2,1-3H3;5-6H,1-3H2. The van der Waals surface area contributed by atoms with Crippen LogP contribution in [0.25, 0.3) is 0 Å². The van der Waals surface area contributed by atoms with Gasteiger partial charge in [0.05, 0.1) is 6.07 Å². The first-order valence-electron chi connectivity index (χ1n) is 12.0. The molecule has 4 rings (SSSR count). The molecule has 0 aromatic heterocycles. The lowest BCUT2D eigenvalue weighted by molar-refractivity contribution is -0.118. The molecular weight excluding hydrogens is 394 g/mol.